The van der Waals surface area contributed by atoms with Gasteiger partial charge in [0.1, 0.15) is 11.5 Å². The fourth-order valence-electron chi connectivity index (χ4n) is 1.46. The Bertz CT molecular complexity index is 445. The summed E-state index contributed by atoms with van der Waals surface area (Å²) >= 11 is 0. The Hall–Kier alpha value is -1.55. The molecule has 0 saturated heterocycles. The van der Waals surface area contributed by atoms with Crippen LogP contribution in [-0.4, -0.2) is 14.9 Å². The number of aromatic nitrogens is 2. The van der Waals surface area contributed by atoms with E-state index >= 15 is 0 Å². The van der Waals surface area contributed by atoms with Crippen molar-refractivity contribution >= 4 is 0 Å². The standard InChI is InChI=1S/C11H14N2O2/c1-3-8-4-5-10(15-8)11(14)9-6-7-13(2)12-9/h4-7,11,14H,3H2,1-2H3. The average molecular weight is 206 g/mol. The van der Waals surface area contributed by atoms with E-state index in [1.54, 1.807) is 23.0 Å². The molecule has 80 valence electrons. The van der Waals surface area contributed by atoms with Gasteiger partial charge in [0, 0.05) is 19.7 Å². The van der Waals surface area contributed by atoms with Crippen LogP contribution < -0.4 is 0 Å². The second kappa shape index (κ2) is 3.90. The largest absolute Gasteiger partial charge is 0.463 e. The molecular weight excluding hydrogens is 192 g/mol. The molecule has 0 aromatic carbocycles. The van der Waals surface area contributed by atoms with Gasteiger partial charge in [-0.1, -0.05) is 6.92 Å². The molecule has 2 aromatic heterocycles. The summed E-state index contributed by atoms with van der Waals surface area (Å²) in [6.45, 7) is 2.01. The van der Waals surface area contributed by atoms with Crippen molar-refractivity contribution in [3.05, 3.63) is 41.6 Å². The molecule has 1 atom stereocenters. The Kier molecular flexibility index (Phi) is 2.60. The van der Waals surface area contributed by atoms with Gasteiger partial charge in [-0.3, -0.25) is 4.68 Å². The summed E-state index contributed by atoms with van der Waals surface area (Å²) in [4.78, 5) is 0. The molecule has 1 unspecified atom stereocenters. The van der Waals surface area contributed by atoms with E-state index in [1.165, 1.54) is 0 Å². The highest BCUT2D eigenvalue weighted by Crippen LogP contribution is 2.22. The van der Waals surface area contributed by atoms with E-state index < -0.39 is 6.10 Å². The van der Waals surface area contributed by atoms with Crippen molar-refractivity contribution in [3.63, 3.8) is 0 Å². The van der Waals surface area contributed by atoms with E-state index in [2.05, 4.69) is 5.10 Å². The quantitative estimate of drug-likeness (QED) is 0.830. The summed E-state index contributed by atoms with van der Waals surface area (Å²) in [5.41, 5.74) is 0.606. The van der Waals surface area contributed by atoms with Gasteiger partial charge in [0.05, 0.1) is 5.69 Å². The van der Waals surface area contributed by atoms with Crippen LogP contribution in [0.5, 0.6) is 0 Å². The Morgan fingerprint density at radius 3 is 2.80 bits per heavy atom. The molecule has 0 saturated carbocycles. The van der Waals surface area contributed by atoms with Crippen LogP contribution in [-0.2, 0) is 13.5 Å². The highest BCUT2D eigenvalue weighted by atomic mass is 16.4. The average Bonchev–Trinajstić information content (AvgIpc) is 2.84. The number of hydrogen-bond donors (Lipinski definition) is 1. The molecule has 0 bridgehead atoms. The first-order valence-electron chi connectivity index (χ1n) is 4.97. The van der Waals surface area contributed by atoms with Crippen molar-refractivity contribution in [2.75, 3.05) is 0 Å². The number of hydrogen-bond acceptors (Lipinski definition) is 3. The molecule has 4 heteroatoms. The zero-order chi connectivity index (χ0) is 10.8. The molecule has 4 nitrogen and oxygen atoms in total. The summed E-state index contributed by atoms with van der Waals surface area (Å²) in [5, 5.41) is 14.1. The monoisotopic (exact) mass is 206 g/mol. The third-order valence-corrected chi connectivity index (χ3v) is 2.31. The van der Waals surface area contributed by atoms with Gasteiger partial charge in [0.25, 0.3) is 0 Å². The van der Waals surface area contributed by atoms with E-state index in [-0.39, 0.29) is 0 Å². The lowest BCUT2D eigenvalue weighted by molar-refractivity contribution is 0.181. The van der Waals surface area contributed by atoms with E-state index in [0.29, 0.717) is 11.5 Å². The smallest absolute Gasteiger partial charge is 0.155 e. The topological polar surface area (TPSA) is 51.2 Å². The van der Waals surface area contributed by atoms with Gasteiger partial charge in [-0.2, -0.15) is 5.10 Å². The van der Waals surface area contributed by atoms with Crippen molar-refractivity contribution in [2.24, 2.45) is 7.05 Å². The first-order valence-corrected chi connectivity index (χ1v) is 4.97. The lowest BCUT2D eigenvalue weighted by atomic mass is 10.2. The summed E-state index contributed by atoms with van der Waals surface area (Å²) in [6.07, 6.45) is 1.85. The van der Waals surface area contributed by atoms with Crippen LogP contribution in [0.25, 0.3) is 0 Å². The lowest BCUT2D eigenvalue weighted by Gasteiger charge is -2.03. The number of furan rings is 1. The molecule has 0 spiro atoms. The van der Waals surface area contributed by atoms with Crippen molar-refractivity contribution < 1.29 is 9.52 Å². The summed E-state index contributed by atoms with van der Waals surface area (Å²) in [7, 11) is 1.82. The molecular formula is C11H14N2O2. The zero-order valence-electron chi connectivity index (χ0n) is 8.84. The summed E-state index contributed by atoms with van der Waals surface area (Å²) in [5.74, 6) is 1.42. The molecule has 0 amide bonds. The fourth-order valence-corrected chi connectivity index (χ4v) is 1.46. The van der Waals surface area contributed by atoms with Crippen LogP contribution in [0.1, 0.15) is 30.2 Å². The highest BCUT2D eigenvalue weighted by molar-refractivity contribution is 5.18. The molecule has 0 fully saturated rings. The molecule has 0 aliphatic heterocycles. The van der Waals surface area contributed by atoms with E-state index in [9.17, 15) is 5.11 Å². The molecule has 2 aromatic rings. The molecule has 0 aliphatic rings. The molecule has 2 heterocycles. The third-order valence-electron chi connectivity index (χ3n) is 2.31. The van der Waals surface area contributed by atoms with Gasteiger partial charge in [0.15, 0.2) is 6.10 Å². The van der Waals surface area contributed by atoms with E-state index in [0.717, 1.165) is 12.2 Å². The predicted molar refractivity (Wildman–Crippen MR) is 55.4 cm³/mol. The number of aliphatic hydroxyl groups excluding tert-OH is 1. The molecule has 1 N–H and O–H groups in total. The summed E-state index contributed by atoms with van der Waals surface area (Å²) < 4.78 is 7.11. The highest BCUT2D eigenvalue weighted by Gasteiger charge is 2.16. The predicted octanol–water partition coefficient (Wildman–Crippen LogP) is 1.66. The minimum absolute atomic E-state index is 0.547. The Labute approximate surface area is 88.1 Å². The second-order valence-corrected chi connectivity index (χ2v) is 3.47. The van der Waals surface area contributed by atoms with E-state index in [1.807, 2.05) is 20.0 Å². The normalized spacial score (nSPS) is 13.0. The van der Waals surface area contributed by atoms with Gasteiger partial charge in [-0.25, -0.2) is 0 Å². The maximum atomic E-state index is 9.94. The van der Waals surface area contributed by atoms with Crippen LogP contribution in [0.4, 0.5) is 0 Å². The van der Waals surface area contributed by atoms with Gasteiger partial charge >= 0.3 is 0 Å². The molecule has 0 aliphatic carbocycles. The number of nitrogens with zero attached hydrogens (tertiary/aromatic N) is 2. The lowest BCUT2D eigenvalue weighted by Crippen LogP contribution is -2.00. The SMILES string of the molecule is CCc1ccc(C(O)c2ccn(C)n2)o1. The van der Waals surface area contributed by atoms with Crippen LogP contribution in [0.2, 0.25) is 0 Å². The Morgan fingerprint density at radius 1 is 1.47 bits per heavy atom. The number of aryl methyl sites for hydroxylation is 2. The van der Waals surface area contributed by atoms with Crippen molar-refractivity contribution in [2.45, 2.75) is 19.4 Å². The van der Waals surface area contributed by atoms with Crippen molar-refractivity contribution in [3.8, 4) is 0 Å². The number of rotatable bonds is 3. The van der Waals surface area contributed by atoms with Gasteiger partial charge in [0.2, 0.25) is 0 Å². The summed E-state index contributed by atoms with van der Waals surface area (Å²) in [6, 6.07) is 5.44. The van der Waals surface area contributed by atoms with Crippen LogP contribution in [0.3, 0.4) is 0 Å². The second-order valence-electron chi connectivity index (χ2n) is 3.47. The van der Waals surface area contributed by atoms with Crippen LogP contribution >= 0.6 is 0 Å². The molecule has 15 heavy (non-hydrogen) atoms. The minimum atomic E-state index is -0.772. The van der Waals surface area contributed by atoms with Gasteiger partial charge < -0.3 is 9.52 Å². The molecule has 2 rings (SSSR count). The van der Waals surface area contributed by atoms with E-state index in [4.69, 9.17) is 4.42 Å². The molecule has 0 radical (unpaired) electrons. The van der Waals surface area contributed by atoms with Crippen LogP contribution in [0, 0.1) is 0 Å². The van der Waals surface area contributed by atoms with Crippen molar-refractivity contribution in [1.29, 1.82) is 0 Å². The third kappa shape index (κ3) is 1.94. The Balaban J connectivity index is 2.23. The fraction of sp³-hybridized carbons (Fsp3) is 0.364. The van der Waals surface area contributed by atoms with Crippen molar-refractivity contribution in [1.82, 2.24) is 9.78 Å². The van der Waals surface area contributed by atoms with Crippen LogP contribution in [0.15, 0.2) is 28.8 Å². The zero-order valence-corrected chi connectivity index (χ0v) is 8.84. The number of aliphatic hydroxyl groups is 1. The minimum Gasteiger partial charge on any atom is -0.463 e. The maximum Gasteiger partial charge on any atom is 0.155 e. The first-order chi connectivity index (χ1) is 7.20. The first kappa shape index (κ1) is 9.98. The maximum absolute atomic E-state index is 9.94. The van der Waals surface area contributed by atoms with Gasteiger partial charge in [-0.15, -0.1) is 0 Å². The van der Waals surface area contributed by atoms with Gasteiger partial charge in [-0.05, 0) is 18.2 Å². The Morgan fingerprint density at radius 2 is 2.27 bits per heavy atom.